The van der Waals surface area contributed by atoms with Gasteiger partial charge in [0.15, 0.2) is 0 Å². The van der Waals surface area contributed by atoms with Crippen LogP contribution in [0.15, 0.2) is 18.3 Å². The molecular formula is C8H10F3NS. The molecule has 0 aliphatic heterocycles. The third-order valence-electron chi connectivity index (χ3n) is 1.20. The third kappa shape index (κ3) is 4.17. The molecule has 0 saturated carbocycles. The summed E-state index contributed by atoms with van der Waals surface area (Å²) in [6, 6.07) is 2.35. The Labute approximate surface area is 80.4 Å². The maximum Gasteiger partial charge on any atom is 0.433 e. The van der Waals surface area contributed by atoms with Crippen molar-refractivity contribution in [2.45, 2.75) is 13.1 Å². The molecule has 0 unspecified atom stereocenters. The summed E-state index contributed by atoms with van der Waals surface area (Å²) < 4.78 is 35.6. The highest BCUT2D eigenvalue weighted by molar-refractivity contribution is 7.79. The first kappa shape index (κ1) is 12.3. The summed E-state index contributed by atoms with van der Waals surface area (Å²) in [5, 5.41) is 0. The highest BCUT2D eigenvalue weighted by Gasteiger charge is 2.31. The van der Waals surface area contributed by atoms with Crippen LogP contribution in [-0.4, -0.2) is 11.2 Å². The van der Waals surface area contributed by atoms with E-state index >= 15 is 0 Å². The van der Waals surface area contributed by atoms with Crippen molar-refractivity contribution in [3.05, 3.63) is 29.6 Å². The quantitative estimate of drug-likeness (QED) is 0.648. The zero-order valence-corrected chi connectivity index (χ0v) is 8.15. The molecule has 1 aromatic rings. The number of hydrogen-bond donors (Lipinski definition) is 1. The van der Waals surface area contributed by atoms with Gasteiger partial charge in [-0.3, -0.25) is 4.98 Å². The van der Waals surface area contributed by atoms with E-state index in [9.17, 15) is 13.2 Å². The molecule has 0 N–H and O–H groups in total. The van der Waals surface area contributed by atoms with E-state index in [1.54, 1.807) is 13.2 Å². The monoisotopic (exact) mass is 209 g/mol. The first-order valence-electron chi connectivity index (χ1n) is 3.45. The largest absolute Gasteiger partial charge is 0.433 e. The van der Waals surface area contributed by atoms with E-state index in [4.69, 9.17) is 0 Å². The van der Waals surface area contributed by atoms with Gasteiger partial charge in [-0.05, 0) is 24.8 Å². The van der Waals surface area contributed by atoms with Crippen molar-refractivity contribution in [1.29, 1.82) is 0 Å². The van der Waals surface area contributed by atoms with Gasteiger partial charge >= 0.3 is 6.18 Å². The van der Waals surface area contributed by atoms with E-state index in [1.165, 1.54) is 12.3 Å². The zero-order chi connectivity index (χ0) is 10.5. The van der Waals surface area contributed by atoms with Crippen LogP contribution in [0, 0.1) is 6.92 Å². The van der Waals surface area contributed by atoms with E-state index in [-0.39, 0.29) is 0 Å². The van der Waals surface area contributed by atoms with E-state index in [1.807, 2.05) is 0 Å². The Kier molecular flexibility index (Phi) is 4.83. The minimum absolute atomic E-state index is 0.720. The fourth-order valence-corrected chi connectivity index (χ4v) is 0.635. The van der Waals surface area contributed by atoms with Gasteiger partial charge in [-0.1, -0.05) is 6.07 Å². The molecule has 13 heavy (non-hydrogen) atoms. The molecule has 0 aliphatic rings. The van der Waals surface area contributed by atoms with Crippen LogP contribution in [0.4, 0.5) is 13.2 Å². The SMILES string of the molecule is CS.Cc1ccc(C(F)(F)F)nc1. The van der Waals surface area contributed by atoms with Crippen LogP contribution in [0.5, 0.6) is 0 Å². The molecule has 0 radical (unpaired) electrons. The molecule has 0 aromatic carbocycles. The van der Waals surface area contributed by atoms with Crippen LogP contribution in [0.25, 0.3) is 0 Å². The number of rotatable bonds is 0. The van der Waals surface area contributed by atoms with Crippen molar-refractivity contribution in [2.24, 2.45) is 0 Å². The lowest BCUT2D eigenvalue weighted by molar-refractivity contribution is -0.141. The number of pyridine rings is 1. The van der Waals surface area contributed by atoms with Gasteiger partial charge in [0, 0.05) is 6.20 Å². The van der Waals surface area contributed by atoms with Gasteiger partial charge in [0.05, 0.1) is 0 Å². The van der Waals surface area contributed by atoms with Crippen molar-refractivity contribution in [2.75, 3.05) is 6.26 Å². The van der Waals surface area contributed by atoms with E-state index in [0.29, 0.717) is 0 Å². The number of aromatic nitrogens is 1. The number of halogens is 3. The summed E-state index contributed by atoms with van der Waals surface area (Å²) in [6.45, 7) is 1.69. The highest BCUT2D eigenvalue weighted by atomic mass is 32.1. The molecular weight excluding hydrogens is 199 g/mol. The first-order chi connectivity index (χ1) is 6.00. The molecule has 1 aromatic heterocycles. The molecule has 0 bridgehead atoms. The van der Waals surface area contributed by atoms with Gasteiger partial charge < -0.3 is 0 Å². The number of alkyl halides is 3. The normalized spacial score (nSPS) is 10.3. The van der Waals surface area contributed by atoms with Crippen LogP contribution in [0.1, 0.15) is 11.3 Å². The predicted octanol–water partition coefficient (Wildman–Crippen LogP) is 2.95. The van der Waals surface area contributed by atoms with Crippen LogP contribution >= 0.6 is 12.6 Å². The lowest BCUT2D eigenvalue weighted by atomic mass is 10.3. The molecule has 74 valence electrons. The number of nitrogens with zero attached hydrogens (tertiary/aromatic N) is 1. The molecule has 1 rings (SSSR count). The second kappa shape index (κ2) is 5.11. The highest BCUT2D eigenvalue weighted by Crippen LogP contribution is 2.26. The maximum absolute atomic E-state index is 11.9. The Hall–Kier alpha value is -0.710. The van der Waals surface area contributed by atoms with Crippen LogP contribution in [0.3, 0.4) is 0 Å². The maximum atomic E-state index is 11.9. The predicted molar refractivity (Wildman–Crippen MR) is 48.9 cm³/mol. The minimum Gasteiger partial charge on any atom is -0.252 e. The van der Waals surface area contributed by atoms with Gasteiger partial charge in [0.1, 0.15) is 5.69 Å². The smallest absolute Gasteiger partial charge is 0.252 e. The fourth-order valence-electron chi connectivity index (χ4n) is 0.635. The van der Waals surface area contributed by atoms with Crippen LogP contribution in [-0.2, 0) is 6.18 Å². The average molecular weight is 209 g/mol. The zero-order valence-electron chi connectivity index (χ0n) is 7.26. The third-order valence-corrected chi connectivity index (χ3v) is 1.20. The molecule has 0 amide bonds. The summed E-state index contributed by atoms with van der Waals surface area (Å²) in [7, 11) is 0. The molecule has 1 heterocycles. The molecule has 0 fully saturated rings. The standard InChI is InChI=1S/C7H6F3N.CH4S/c1-5-2-3-6(11-4-5)7(8,9)10;1-2/h2-4H,1H3;2H,1H3. The lowest BCUT2D eigenvalue weighted by Gasteiger charge is -2.03. The summed E-state index contributed by atoms with van der Waals surface area (Å²) >= 11 is 3.53. The second-order valence-electron chi connectivity index (χ2n) is 2.22. The van der Waals surface area contributed by atoms with Gasteiger partial charge in [-0.15, -0.1) is 0 Å². The van der Waals surface area contributed by atoms with Gasteiger partial charge in [-0.2, -0.15) is 25.8 Å². The Morgan fingerprint density at radius 3 is 2.08 bits per heavy atom. The van der Waals surface area contributed by atoms with Gasteiger partial charge in [0.2, 0.25) is 0 Å². The molecule has 0 aliphatic carbocycles. The summed E-state index contributed by atoms with van der Waals surface area (Å²) in [6.07, 6.45) is -1.43. The fraction of sp³-hybridized carbons (Fsp3) is 0.375. The van der Waals surface area contributed by atoms with Crippen LogP contribution < -0.4 is 0 Å². The van der Waals surface area contributed by atoms with Crippen molar-refractivity contribution >= 4 is 12.6 Å². The Bertz CT molecular complexity index is 243. The summed E-state index contributed by atoms with van der Waals surface area (Å²) in [4.78, 5) is 3.22. The van der Waals surface area contributed by atoms with Crippen molar-refractivity contribution in [3.8, 4) is 0 Å². The van der Waals surface area contributed by atoms with Gasteiger partial charge in [0.25, 0.3) is 0 Å². The van der Waals surface area contributed by atoms with E-state index in [2.05, 4.69) is 17.6 Å². The number of thiol groups is 1. The Morgan fingerprint density at radius 1 is 1.23 bits per heavy atom. The Balaban J connectivity index is 0.000000671. The van der Waals surface area contributed by atoms with Crippen molar-refractivity contribution in [1.82, 2.24) is 4.98 Å². The number of hydrogen-bond acceptors (Lipinski definition) is 2. The van der Waals surface area contributed by atoms with Crippen molar-refractivity contribution in [3.63, 3.8) is 0 Å². The second-order valence-corrected chi connectivity index (χ2v) is 2.22. The molecule has 1 nitrogen and oxygen atoms in total. The van der Waals surface area contributed by atoms with Gasteiger partial charge in [-0.25, -0.2) is 0 Å². The molecule has 0 spiro atoms. The lowest BCUT2D eigenvalue weighted by Crippen LogP contribution is -2.07. The topological polar surface area (TPSA) is 12.9 Å². The Morgan fingerprint density at radius 2 is 1.77 bits per heavy atom. The van der Waals surface area contributed by atoms with E-state index < -0.39 is 11.9 Å². The molecule has 5 heteroatoms. The minimum atomic E-state index is -4.33. The summed E-state index contributed by atoms with van der Waals surface area (Å²) in [5.74, 6) is 0. The average Bonchev–Trinajstić information content (AvgIpc) is 2.07. The number of aryl methyl sites for hydroxylation is 1. The molecule has 0 saturated heterocycles. The van der Waals surface area contributed by atoms with E-state index in [0.717, 1.165) is 11.6 Å². The van der Waals surface area contributed by atoms with Crippen molar-refractivity contribution < 1.29 is 13.2 Å². The first-order valence-corrected chi connectivity index (χ1v) is 4.34. The van der Waals surface area contributed by atoms with Crippen LogP contribution in [0.2, 0.25) is 0 Å². The summed E-state index contributed by atoms with van der Waals surface area (Å²) in [5.41, 5.74) is -0.124. The molecule has 0 atom stereocenters.